The molecule has 31 heavy (non-hydrogen) atoms. The van der Waals surface area contributed by atoms with Gasteiger partial charge in [0.25, 0.3) is 5.91 Å². The summed E-state index contributed by atoms with van der Waals surface area (Å²) in [7, 11) is -2.10. The summed E-state index contributed by atoms with van der Waals surface area (Å²) in [5.41, 5.74) is 0. The number of benzene rings is 1. The van der Waals surface area contributed by atoms with Gasteiger partial charge in [-0.2, -0.15) is 4.31 Å². The first-order valence-corrected chi connectivity index (χ1v) is 12.4. The molecule has 1 saturated carbocycles. The zero-order chi connectivity index (χ0) is 22.3. The molecule has 172 valence electrons. The molecule has 2 aliphatic rings. The highest BCUT2D eigenvalue weighted by atomic mass is 32.2. The van der Waals surface area contributed by atoms with E-state index in [1.165, 1.54) is 42.8 Å². The quantitative estimate of drug-likeness (QED) is 0.608. The fourth-order valence-electron chi connectivity index (χ4n) is 4.18. The van der Waals surface area contributed by atoms with Crippen molar-refractivity contribution >= 4 is 21.9 Å². The molecule has 1 aliphatic carbocycles. The van der Waals surface area contributed by atoms with Crippen LogP contribution in [-0.2, 0) is 24.3 Å². The van der Waals surface area contributed by atoms with Gasteiger partial charge in [-0.25, -0.2) is 8.42 Å². The van der Waals surface area contributed by atoms with E-state index in [4.69, 9.17) is 9.47 Å². The van der Waals surface area contributed by atoms with E-state index in [0.717, 1.165) is 12.8 Å². The molecule has 1 heterocycles. The Labute approximate surface area is 184 Å². The van der Waals surface area contributed by atoms with Crippen LogP contribution in [0.4, 0.5) is 0 Å². The number of amides is 1. The number of methoxy groups -OCH3 is 1. The van der Waals surface area contributed by atoms with E-state index in [0.29, 0.717) is 31.1 Å². The minimum atomic E-state index is -3.62. The van der Waals surface area contributed by atoms with Crippen LogP contribution in [0.25, 0.3) is 0 Å². The third kappa shape index (κ3) is 6.43. The molecule has 3 rings (SSSR count). The van der Waals surface area contributed by atoms with Crippen molar-refractivity contribution in [1.82, 2.24) is 9.62 Å². The maximum atomic E-state index is 12.8. The molecule has 0 radical (unpaired) electrons. The third-order valence-corrected chi connectivity index (χ3v) is 8.06. The normalized spacial score (nSPS) is 19.0. The molecule has 1 aliphatic heterocycles. The summed E-state index contributed by atoms with van der Waals surface area (Å²) < 4.78 is 37.2. The first-order chi connectivity index (χ1) is 14.9. The molecule has 0 bridgehead atoms. The standard InChI is InChI=1S/C22H32N2O6S/c1-29-19-7-9-20(10-8-19)31(27,28)24-13-11-18(12-14-24)22(26)30-16-21(25)23-15-17-5-3-2-4-6-17/h7-10,17-18H,2-6,11-16H2,1H3,(H,23,25). The maximum absolute atomic E-state index is 12.8. The molecule has 0 unspecified atom stereocenters. The van der Waals surface area contributed by atoms with Gasteiger partial charge in [-0.05, 0) is 55.9 Å². The fraction of sp³-hybridized carbons (Fsp3) is 0.636. The van der Waals surface area contributed by atoms with Crippen molar-refractivity contribution in [3.63, 3.8) is 0 Å². The number of rotatable bonds is 8. The Morgan fingerprint density at radius 2 is 1.68 bits per heavy atom. The van der Waals surface area contributed by atoms with E-state index in [1.54, 1.807) is 12.1 Å². The number of esters is 1. The lowest BCUT2D eigenvalue weighted by molar-refractivity contribution is -0.153. The molecule has 8 nitrogen and oxygen atoms in total. The molecule has 9 heteroatoms. The van der Waals surface area contributed by atoms with E-state index in [-0.39, 0.29) is 30.5 Å². The lowest BCUT2D eigenvalue weighted by Crippen LogP contribution is -2.41. The van der Waals surface area contributed by atoms with E-state index in [1.807, 2.05) is 0 Å². The van der Waals surface area contributed by atoms with Gasteiger partial charge in [0.1, 0.15) is 5.75 Å². The summed E-state index contributed by atoms with van der Waals surface area (Å²) in [6.45, 7) is 0.831. The van der Waals surface area contributed by atoms with Gasteiger partial charge in [0, 0.05) is 19.6 Å². The highest BCUT2D eigenvalue weighted by molar-refractivity contribution is 7.89. The van der Waals surface area contributed by atoms with Crippen molar-refractivity contribution in [2.75, 3.05) is 33.4 Å². The molecule has 1 amide bonds. The molecule has 0 aromatic heterocycles. The van der Waals surface area contributed by atoms with E-state index in [2.05, 4.69) is 5.32 Å². The second-order valence-electron chi connectivity index (χ2n) is 8.27. The van der Waals surface area contributed by atoms with Gasteiger partial charge in [0.2, 0.25) is 10.0 Å². The summed E-state index contributed by atoms with van der Waals surface area (Å²) >= 11 is 0. The number of piperidine rings is 1. The lowest BCUT2D eigenvalue weighted by Gasteiger charge is -2.30. The van der Waals surface area contributed by atoms with Gasteiger partial charge in [0.15, 0.2) is 6.61 Å². The van der Waals surface area contributed by atoms with Crippen molar-refractivity contribution < 1.29 is 27.5 Å². The largest absolute Gasteiger partial charge is 0.497 e. The van der Waals surface area contributed by atoms with Gasteiger partial charge in [-0.1, -0.05) is 19.3 Å². The van der Waals surface area contributed by atoms with Crippen molar-refractivity contribution in [2.24, 2.45) is 11.8 Å². The molecule has 2 fully saturated rings. The minimum Gasteiger partial charge on any atom is -0.497 e. The van der Waals surface area contributed by atoms with Crippen LogP contribution < -0.4 is 10.1 Å². The van der Waals surface area contributed by atoms with E-state index in [9.17, 15) is 18.0 Å². The smallest absolute Gasteiger partial charge is 0.309 e. The van der Waals surface area contributed by atoms with Crippen molar-refractivity contribution in [1.29, 1.82) is 0 Å². The Morgan fingerprint density at radius 1 is 1.03 bits per heavy atom. The zero-order valence-corrected chi connectivity index (χ0v) is 18.9. The van der Waals surface area contributed by atoms with Gasteiger partial charge in [0.05, 0.1) is 17.9 Å². The van der Waals surface area contributed by atoms with Crippen LogP contribution in [0.2, 0.25) is 0 Å². The molecule has 1 aromatic carbocycles. The number of nitrogens with zero attached hydrogens (tertiary/aromatic N) is 1. The summed E-state index contributed by atoms with van der Waals surface area (Å²) in [6, 6.07) is 6.24. The molecule has 1 aromatic rings. The van der Waals surface area contributed by atoms with Crippen LogP contribution in [0.15, 0.2) is 29.2 Å². The van der Waals surface area contributed by atoms with Crippen LogP contribution in [-0.4, -0.2) is 58.0 Å². The molecule has 0 atom stereocenters. The Kier molecular flexibility index (Phi) is 8.31. The van der Waals surface area contributed by atoms with Gasteiger partial charge in [-0.3, -0.25) is 9.59 Å². The second kappa shape index (κ2) is 10.9. The van der Waals surface area contributed by atoms with Crippen LogP contribution in [0, 0.1) is 11.8 Å². The Balaban J connectivity index is 1.41. The molecule has 0 spiro atoms. The summed E-state index contributed by atoms with van der Waals surface area (Å²) in [4.78, 5) is 24.5. The van der Waals surface area contributed by atoms with E-state index < -0.39 is 21.9 Å². The molecule has 1 N–H and O–H groups in total. The number of carbonyl (C=O) groups excluding carboxylic acids is 2. The maximum Gasteiger partial charge on any atom is 0.309 e. The van der Waals surface area contributed by atoms with Crippen molar-refractivity contribution in [2.45, 2.75) is 49.8 Å². The average molecular weight is 453 g/mol. The molecular formula is C22H32N2O6S. The first-order valence-electron chi connectivity index (χ1n) is 11.0. The second-order valence-corrected chi connectivity index (χ2v) is 10.2. The third-order valence-electron chi connectivity index (χ3n) is 6.14. The highest BCUT2D eigenvalue weighted by Gasteiger charge is 2.33. The van der Waals surface area contributed by atoms with Crippen LogP contribution in [0.3, 0.4) is 0 Å². The molecule has 1 saturated heterocycles. The van der Waals surface area contributed by atoms with E-state index >= 15 is 0 Å². The number of sulfonamides is 1. The Hall–Kier alpha value is -2.13. The summed E-state index contributed by atoms with van der Waals surface area (Å²) in [5, 5.41) is 2.85. The Morgan fingerprint density at radius 3 is 2.29 bits per heavy atom. The fourth-order valence-corrected chi connectivity index (χ4v) is 5.65. The number of hydrogen-bond acceptors (Lipinski definition) is 6. The topological polar surface area (TPSA) is 102 Å². The van der Waals surface area contributed by atoms with Crippen LogP contribution in [0.1, 0.15) is 44.9 Å². The number of carbonyl (C=O) groups is 2. The average Bonchev–Trinajstić information content (AvgIpc) is 2.82. The van der Waals surface area contributed by atoms with Crippen molar-refractivity contribution in [3.8, 4) is 5.75 Å². The zero-order valence-electron chi connectivity index (χ0n) is 18.0. The predicted molar refractivity (Wildman–Crippen MR) is 115 cm³/mol. The number of ether oxygens (including phenoxy) is 2. The van der Waals surface area contributed by atoms with Crippen LogP contribution >= 0.6 is 0 Å². The van der Waals surface area contributed by atoms with Crippen molar-refractivity contribution in [3.05, 3.63) is 24.3 Å². The predicted octanol–water partition coefficient (Wildman–Crippen LogP) is 2.34. The highest BCUT2D eigenvalue weighted by Crippen LogP contribution is 2.26. The summed E-state index contributed by atoms with van der Waals surface area (Å²) in [6.07, 6.45) is 6.71. The SMILES string of the molecule is COc1ccc(S(=O)(=O)N2CCC(C(=O)OCC(=O)NCC3CCCCC3)CC2)cc1. The minimum absolute atomic E-state index is 0.198. The van der Waals surface area contributed by atoms with Gasteiger partial charge in [-0.15, -0.1) is 0 Å². The van der Waals surface area contributed by atoms with Crippen LogP contribution in [0.5, 0.6) is 5.75 Å². The number of nitrogens with one attached hydrogen (secondary N) is 1. The Bertz CT molecular complexity index is 841. The first kappa shape index (κ1) is 23.5. The number of hydrogen-bond donors (Lipinski definition) is 1. The van der Waals surface area contributed by atoms with Gasteiger partial charge < -0.3 is 14.8 Å². The monoisotopic (exact) mass is 452 g/mol. The molecular weight excluding hydrogens is 420 g/mol. The summed E-state index contributed by atoms with van der Waals surface area (Å²) in [5.74, 6) is -0.00484. The lowest BCUT2D eigenvalue weighted by atomic mass is 9.89. The van der Waals surface area contributed by atoms with Gasteiger partial charge >= 0.3 is 5.97 Å².